The van der Waals surface area contributed by atoms with Crippen LogP contribution in [0.25, 0.3) is 0 Å². The number of likely N-dealkylation sites (N-methyl/N-ethyl adjacent to an activating group) is 1. The lowest BCUT2D eigenvalue weighted by atomic mass is 9.73. The van der Waals surface area contributed by atoms with Gasteiger partial charge in [-0.15, -0.1) is 0 Å². The van der Waals surface area contributed by atoms with Crippen LogP contribution < -0.4 is 5.32 Å². The fraction of sp³-hybridized carbons (Fsp3) is 1.00. The van der Waals surface area contributed by atoms with Crippen molar-refractivity contribution in [2.24, 2.45) is 17.8 Å². The van der Waals surface area contributed by atoms with Gasteiger partial charge in [0.1, 0.15) is 0 Å². The largest absolute Gasteiger partial charge is 0.377 e. The normalized spacial score (nSPS) is 31.9. The Morgan fingerprint density at radius 2 is 1.60 bits per heavy atom. The molecule has 1 N–H and O–H groups in total. The highest BCUT2D eigenvalue weighted by atomic mass is 16.5. The maximum absolute atomic E-state index is 6.25. The van der Waals surface area contributed by atoms with Crippen molar-refractivity contribution in [3.05, 3.63) is 0 Å². The van der Waals surface area contributed by atoms with Gasteiger partial charge in [-0.25, -0.2) is 0 Å². The van der Waals surface area contributed by atoms with Crippen LogP contribution in [0.4, 0.5) is 0 Å². The standard InChI is InChI=1S/C18H35NO/c1-4-20-18(16-8-6-5-7-9-16)17(19-3)15-12-10-14(2)11-13-15/h14-19H,4-13H2,1-3H3. The van der Waals surface area contributed by atoms with Gasteiger partial charge < -0.3 is 10.1 Å². The van der Waals surface area contributed by atoms with Crippen LogP contribution in [-0.4, -0.2) is 25.8 Å². The van der Waals surface area contributed by atoms with Crippen molar-refractivity contribution in [3.63, 3.8) is 0 Å². The molecule has 2 heteroatoms. The van der Waals surface area contributed by atoms with Crippen LogP contribution in [-0.2, 0) is 4.74 Å². The molecule has 2 nitrogen and oxygen atoms in total. The molecule has 0 heterocycles. The average Bonchev–Trinajstić information content (AvgIpc) is 2.50. The summed E-state index contributed by atoms with van der Waals surface area (Å²) in [6, 6.07) is 0.575. The molecule has 0 amide bonds. The molecule has 118 valence electrons. The van der Waals surface area contributed by atoms with Gasteiger partial charge in [-0.05, 0) is 57.4 Å². The van der Waals surface area contributed by atoms with Gasteiger partial charge in [0.25, 0.3) is 0 Å². The highest BCUT2D eigenvalue weighted by Gasteiger charge is 2.36. The molecule has 0 aromatic rings. The number of ether oxygens (including phenoxy) is 1. The summed E-state index contributed by atoms with van der Waals surface area (Å²) in [6.07, 6.45) is 13.1. The summed E-state index contributed by atoms with van der Waals surface area (Å²) in [4.78, 5) is 0. The van der Waals surface area contributed by atoms with Crippen LogP contribution in [0.5, 0.6) is 0 Å². The van der Waals surface area contributed by atoms with E-state index in [4.69, 9.17) is 4.74 Å². The summed E-state index contributed by atoms with van der Waals surface area (Å²) in [5.74, 6) is 2.55. The Morgan fingerprint density at radius 1 is 0.950 bits per heavy atom. The second kappa shape index (κ2) is 8.38. The molecule has 2 atom stereocenters. The minimum absolute atomic E-state index is 0.448. The molecule has 2 saturated carbocycles. The number of hydrogen-bond donors (Lipinski definition) is 1. The van der Waals surface area contributed by atoms with Crippen LogP contribution in [0.15, 0.2) is 0 Å². The minimum atomic E-state index is 0.448. The third-order valence-corrected chi connectivity index (χ3v) is 5.73. The molecule has 2 aliphatic carbocycles. The van der Waals surface area contributed by atoms with E-state index in [2.05, 4.69) is 26.2 Å². The Labute approximate surface area is 126 Å². The van der Waals surface area contributed by atoms with Gasteiger partial charge in [0.2, 0.25) is 0 Å². The molecule has 0 aliphatic heterocycles. The maximum Gasteiger partial charge on any atom is 0.0758 e. The van der Waals surface area contributed by atoms with Gasteiger partial charge in [-0.3, -0.25) is 0 Å². The zero-order valence-corrected chi connectivity index (χ0v) is 13.9. The molecule has 0 saturated heterocycles. The van der Waals surface area contributed by atoms with Gasteiger partial charge in [-0.2, -0.15) is 0 Å². The van der Waals surface area contributed by atoms with E-state index in [9.17, 15) is 0 Å². The summed E-state index contributed by atoms with van der Waals surface area (Å²) >= 11 is 0. The van der Waals surface area contributed by atoms with Gasteiger partial charge in [-0.1, -0.05) is 39.0 Å². The zero-order chi connectivity index (χ0) is 14.4. The highest BCUT2D eigenvalue weighted by molar-refractivity contribution is 4.90. The van der Waals surface area contributed by atoms with Crippen molar-refractivity contribution < 1.29 is 4.74 Å². The summed E-state index contributed by atoms with van der Waals surface area (Å²) in [7, 11) is 2.15. The molecule has 0 bridgehead atoms. The Hall–Kier alpha value is -0.0800. The summed E-state index contributed by atoms with van der Waals surface area (Å²) < 4.78 is 6.25. The molecule has 2 fully saturated rings. The van der Waals surface area contributed by atoms with Gasteiger partial charge in [0.05, 0.1) is 6.10 Å². The first-order valence-electron chi connectivity index (χ1n) is 9.05. The first kappa shape index (κ1) is 16.3. The predicted octanol–water partition coefficient (Wildman–Crippen LogP) is 4.39. The lowest BCUT2D eigenvalue weighted by molar-refractivity contribution is -0.0349. The van der Waals surface area contributed by atoms with E-state index < -0.39 is 0 Å². The van der Waals surface area contributed by atoms with Crippen LogP contribution in [0.3, 0.4) is 0 Å². The van der Waals surface area contributed by atoms with Crippen LogP contribution >= 0.6 is 0 Å². The van der Waals surface area contributed by atoms with Crippen molar-refractivity contribution in [1.82, 2.24) is 5.32 Å². The van der Waals surface area contributed by atoms with E-state index in [-0.39, 0.29) is 0 Å². The Kier molecular flexibility index (Phi) is 6.83. The number of rotatable bonds is 6. The fourth-order valence-corrected chi connectivity index (χ4v) is 4.50. The maximum atomic E-state index is 6.25. The highest BCUT2D eigenvalue weighted by Crippen LogP contribution is 2.36. The van der Waals surface area contributed by atoms with Crippen molar-refractivity contribution in [1.29, 1.82) is 0 Å². The number of nitrogens with one attached hydrogen (secondary N) is 1. The van der Waals surface area contributed by atoms with Gasteiger partial charge in [0.15, 0.2) is 0 Å². The quantitative estimate of drug-likeness (QED) is 0.780. The lowest BCUT2D eigenvalue weighted by Gasteiger charge is -2.41. The van der Waals surface area contributed by atoms with Crippen molar-refractivity contribution >= 4 is 0 Å². The lowest BCUT2D eigenvalue weighted by Crippen LogP contribution is -2.49. The zero-order valence-electron chi connectivity index (χ0n) is 13.9. The van der Waals surface area contributed by atoms with E-state index in [1.54, 1.807) is 0 Å². The first-order chi connectivity index (χ1) is 9.76. The van der Waals surface area contributed by atoms with E-state index in [1.165, 1.54) is 57.8 Å². The van der Waals surface area contributed by atoms with Crippen molar-refractivity contribution in [2.75, 3.05) is 13.7 Å². The van der Waals surface area contributed by atoms with E-state index >= 15 is 0 Å². The Morgan fingerprint density at radius 3 is 2.15 bits per heavy atom. The summed E-state index contributed by atoms with van der Waals surface area (Å²) in [5.41, 5.74) is 0. The molecule has 0 spiro atoms. The molecule has 20 heavy (non-hydrogen) atoms. The van der Waals surface area contributed by atoms with Gasteiger partial charge >= 0.3 is 0 Å². The Bertz CT molecular complexity index is 254. The second-order valence-corrected chi connectivity index (χ2v) is 7.15. The van der Waals surface area contributed by atoms with Gasteiger partial charge in [0, 0.05) is 12.6 Å². The van der Waals surface area contributed by atoms with Crippen LogP contribution in [0.1, 0.15) is 71.6 Å². The summed E-state index contributed by atoms with van der Waals surface area (Å²) in [5, 5.41) is 3.64. The monoisotopic (exact) mass is 281 g/mol. The summed E-state index contributed by atoms with van der Waals surface area (Å²) in [6.45, 7) is 5.43. The molecular formula is C18H35NO. The number of hydrogen-bond acceptors (Lipinski definition) is 2. The first-order valence-corrected chi connectivity index (χ1v) is 9.05. The third-order valence-electron chi connectivity index (χ3n) is 5.73. The molecule has 0 aromatic carbocycles. The molecule has 0 radical (unpaired) electrons. The fourth-order valence-electron chi connectivity index (χ4n) is 4.50. The van der Waals surface area contributed by atoms with E-state index in [0.717, 1.165) is 24.4 Å². The van der Waals surface area contributed by atoms with E-state index in [1.807, 2.05) is 0 Å². The molecule has 2 rings (SSSR count). The molecule has 0 aromatic heterocycles. The van der Waals surface area contributed by atoms with Crippen LogP contribution in [0.2, 0.25) is 0 Å². The minimum Gasteiger partial charge on any atom is -0.377 e. The van der Waals surface area contributed by atoms with Crippen LogP contribution in [0, 0.1) is 17.8 Å². The topological polar surface area (TPSA) is 21.3 Å². The third kappa shape index (κ3) is 4.21. The van der Waals surface area contributed by atoms with Crippen molar-refractivity contribution in [2.45, 2.75) is 83.8 Å². The molecular weight excluding hydrogens is 246 g/mol. The van der Waals surface area contributed by atoms with Crippen molar-refractivity contribution in [3.8, 4) is 0 Å². The smallest absolute Gasteiger partial charge is 0.0758 e. The average molecular weight is 281 g/mol. The van der Waals surface area contributed by atoms with E-state index in [0.29, 0.717) is 12.1 Å². The SMILES string of the molecule is CCOC(C1CCCCC1)C(NC)C1CCC(C)CC1. The molecule has 2 unspecified atom stereocenters. The molecule has 2 aliphatic rings. The second-order valence-electron chi connectivity index (χ2n) is 7.15. The Balaban J connectivity index is 1.99. The predicted molar refractivity (Wildman–Crippen MR) is 86.0 cm³/mol.